The molecule has 0 aromatic carbocycles. The first kappa shape index (κ1) is 8.02. The number of hydrogen-bond acceptors (Lipinski definition) is 2. The Bertz CT molecular complexity index is 105. The maximum Gasteiger partial charge on any atom is 0.107 e. The van der Waals surface area contributed by atoms with Crippen LogP contribution in [0.25, 0.3) is 0 Å². The second kappa shape index (κ2) is 3.35. The van der Waals surface area contributed by atoms with Crippen LogP contribution in [0.4, 0.5) is 0 Å². The van der Waals surface area contributed by atoms with Gasteiger partial charge in [0.25, 0.3) is 0 Å². The van der Waals surface area contributed by atoms with E-state index >= 15 is 0 Å². The van der Waals surface area contributed by atoms with Crippen LogP contribution in [0, 0.1) is 0 Å². The van der Waals surface area contributed by atoms with Gasteiger partial charge in [0, 0.05) is 12.6 Å². The van der Waals surface area contributed by atoms with Crippen molar-refractivity contribution in [2.24, 2.45) is 0 Å². The van der Waals surface area contributed by atoms with Crippen molar-refractivity contribution in [1.29, 1.82) is 0 Å². The van der Waals surface area contributed by atoms with Crippen LogP contribution in [0.1, 0.15) is 33.1 Å². The van der Waals surface area contributed by atoms with Crippen LogP contribution < -0.4 is 0 Å². The lowest BCUT2D eigenvalue weighted by atomic mass is 10.2. The molecule has 0 spiro atoms. The molecule has 10 heavy (non-hydrogen) atoms. The van der Waals surface area contributed by atoms with Gasteiger partial charge < -0.3 is 5.11 Å². The van der Waals surface area contributed by atoms with Crippen molar-refractivity contribution in [3.05, 3.63) is 0 Å². The second-order valence-electron chi connectivity index (χ2n) is 3.12. The summed E-state index contributed by atoms with van der Waals surface area (Å²) in [5, 5.41) is 9.45. The normalized spacial score (nSPS) is 30.9. The average molecular weight is 143 g/mol. The Morgan fingerprint density at radius 2 is 2.40 bits per heavy atom. The molecule has 2 nitrogen and oxygen atoms in total. The van der Waals surface area contributed by atoms with E-state index in [0.717, 1.165) is 13.0 Å². The molecule has 1 rings (SSSR count). The number of rotatable bonds is 2. The second-order valence-corrected chi connectivity index (χ2v) is 3.12. The summed E-state index contributed by atoms with van der Waals surface area (Å²) < 4.78 is 0. The van der Waals surface area contributed by atoms with Crippen LogP contribution in [0.2, 0.25) is 0 Å². The highest BCUT2D eigenvalue weighted by molar-refractivity contribution is 4.76. The summed E-state index contributed by atoms with van der Waals surface area (Å²) in [6, 6.07) is 0.593. The number of hydrogen-bond donors (Lipinski definition) is 1. The Morgan fingerprint density at radius 3 is 2.80 bits per heavy atom. The van der Waals surface area contributed by atoms with Gasteiger partial charge in [-0.1, -0.05) is 6.92 Å². The van der Waals surface area contributed by atoms with E-state index in [2.05, 4.69) is 11.8 Å². The van der Waals surface area contributed by atoms with Crippen molar-refractivity contribution >= 4 is 0 Å². The van der Waals surface area contributed by atoms with Gasteiger partial charge in [0.2, 0.25) is 0 Å². The molecule has 0 bridgehead atoms. The van der Waals surface area contributed by atoms with Gasteiger partial charge in [-0.15, -0.1) is 0 Å². The summed E-state index contributed by atoms with van der Waals surface area (Å²) in [6.45, 7) is 5.29. The van der Waals surface area contributed by atoms with Crippen molar-refractivity contribution in [2.45, 2.75) is 45.4 Å². The molecular weight excluding hydrogens is 126 g/mol. The molecule has 0 aliphatic carbocycles. The fraction of sp³-hybridized carbons (Fsp3) is 1.00. The van der Waals surface area contributed by atoms with E-state index in [0.29, 0.717) is 6.04 Å². The molecule has 1 aliphatic heterocycles. The van der Waals surface area contributed by atoms with E-state index in [4.69, 9.17) is 0 Å². The van der Waals surface area contributed by atoms with E-state index in [1.807, 2.05) is 6.92 Å². The molecule has 1 N–H and O–H groups in total. The van der Waals surface area contributed by atoms with Crippen molar-refractivity contribution in [1.82, 2.24) is 4.90 Å². The molecule has 60 valence electrons. The van der Waals surface area contributed by atoms with Crippen molar-refractivity contribution in [3.8, 4) is 0 Å². The lowest BCUT2D eigenvalue weighted by Crippen LogP contribution is -2.36. The first-order chi connectivity index (χ1) is 4.75. The molecule has 1 fully saturated rings. The minimum atomic E-state index is -0.197. The third-order valence-corrected chi connectivity index (χ3v) is 2.35. The predicted octanol–water partition coefficient (Wildman–Crippen LogP) is 1.20. The van der Waals surface area contributed by atoms with Crippen LogP contribution >= 0.6 is 0 Å². The van der Waals surface area contributed by atoms with Gasteiger partial charge in [-0.05, 0) is 26.2 Å². The van der Waals surface area contributed by atoms with Crippen LogP contribution in [-0.2, 0) is 0 Å². The highest BCUT2D eigenvalue weighted by Gasteiger charge is 2.24. The van der Waals surface area contributed by atoms with Crippen molar-refractivity contribution in [2.75, 3.05) is 6.54 Å². The zero-order valence-electron chi connectivity index (χ0n) is 6.88. The fourth-order valence-electron chi connectivity index (χ4n) is 1.63. The topological polar surface area (TPSA) is 23.5 Å². The van der Waals surface area contributed by atoms with Crippen LogP contribution in [0.5, 0.6) is 0 Å². The van der Waals surface area contributed by atoms with E-state index in [9.17, 15) is 5.11 Å². The Kier molecular flexibility index (Phi) is 2.69. The predicted molar refractivity (Wildman–Crippen MR) is 41.7 cm³/mol. The molecule has 2 atom stereocenters. The average Bonchev–Trinajstić information content (AvgIpc) is 2.34. The maximum absolute atomic E-state index is 9.45. The van der Waals surface area contributed by atoms with Gasteiger partial charge in [0.1, 0.15) is 6.23 Å². The summed E-state index contributed by atoms with van der Waals surface area (Å²) in [7, 11) is 0. The van der Waals surface area contributed by atoms with Gasteiger partial charge in [0.15, 0.2) is 0 Å². The molecule has 0 radical (unpaired) electrons. The molecule has 0 aromatic heterocycles. The van der Waals surface area contributed by atoms with E-state index < -0.39 is 0 Å². The van der Waals surface area contributed by atoms with Crippen LogP contribution in [0.3, 0.4) is 0 Å². The molecule has 1 saturated heterocycles. The van der Waals surface area contributed by atoms with Crippen LogP contribution in [0.15, 0.2) is 0 Å². The van der Waals surface area contributed by atoms with E-state index in [1.165, 1.54) is 12.8 Å². The lowest BCUT2D eigenvalue weighted by molar-refractivity contribution is -0.00306. The fourth-order valence-corrected chi connectivity index (χ4v) is 1.63. The summed E-state index contributed by atoms with van der Waals surface area (Å²) in [6.07, 6.45) is 3.15. The van der Waals surface area contributed by atoms with Gasteiger partial charge in [-0.3, -0.25) is 4.90 Å². The maximum atomic E-state index is 9.45. The summed E-state index contributed by atoms with van der Waals surface area (Å²) in [4.78, 5) is 2.18. The Hall–Kier alpha value is -0.0800. The van der Waals surface area contributed by atoms with Gasteiger partial charge in [-0.2, -0.15) is 0 Å². The quantitative estimate of drug-likeness (QED) is 0.628. The third-order valence-electron chi connectivity index (χ3n) is 2.35. The standard InChI is InChI=1S/C8H17NO/c1-3-8(10)9-6-4-5-7(9)2/h7-8,10H,3-6H2,1-2H3. The van der Waals surface area contributed by atoms with Crippen LogP contribution in [-0.4, -0.2) is 28.8 Å². The Morgan fingerprint density at radius 1 is 1.70 bits per heavy atom. The zero-order chi connectivity index (χ0) is 7.56. The zero-order valence-corrected chi connectivity index (χ0v) is 6.88. The highest BCUT2D eigenvalue weighted by Crippen LogP contribution is 2.19. The molecule has 1 heterocycles. The minimum Gasteiger partial charge on any atom is -0.378 e. The van der Waals surface area contributed by atoms with E-state index in [1.54, 1.807) is 0 Å². The van der Waals surface area contributed by atoms with Gasteiger partial charge in [-0.25, -0.2) is 0 Å². The smallest absolute Gasteiger partial charge is 0.107 e. The number of aliphatic hydroxyl groups is 1. The molecule has 2 unspecified atom stereocenters. The Labute approximate surface area is 62.8 Å². The number of likely N-dealkylation sites (tertiary alicyclic amines) is 1. The molecular formula is C8H17NO. The van der Waals surface area contributed by atoms with Gasteiger partial charge in [0.05, 0.1) is 0 Å². The molecule has 1 aliphatic rings. The number of nitrogens with zero attached hydrogens (tertiary/aromatic N) is 1. The monoisotopic (exact) mass is 143 g/mol. The minimum absolute atomic E-state index is 0.197. The number of aliphatic hydroxyl groups excluding tert-OH is 1. The summed E-state index contributed by atoms with van der Waals surface area (Å²) in [5.41, 5.74) is 0. The molecule has 0 aromatic rings. The molecule has 0 saturated carbocycles. The summed E-state index contributed by atoms with van der Waals surface area (Å²) >= 11 is 0. The van der Waals surface area contributed by atoms with Gasteiger partial charge >= 0.3 is 0 Å². The van der Waals surface area contributed by atoms with E-state index in [-0.39, 0.29) is 6.23 Å². The first-order valence-corrected chi connectivity index (χ1v) is 4.19. The van der Waals surface area contributed by atoms with Crippen molar-refractivity contribution < 1.29 is 5.11 Å². The third kappa shape index (κ3) is 1.50. The molecule has 2 heteroatoms. The molecule has 0 amide bonds. The SMILES string of the molecule is CCC(O)N1CCCC1C. The highest BCUT2D eigenvalue weighted by atomic mass is 16.3. The largest absolute Gasteiger partial charge is 0.378 e. The Balaban J connectivity index is 2.38. The first-order valence-electron chi connectivity index (χ1n) is 4.19. The summed E-state index contributed by atoms with van der Waals surface area (Å²) in [5.74, 6) is 0. The van der Waals surface area contributed by atoms with Crippen molar-refractivity contribution in [3.63, 3.8) is 0 Å². The lowest BCUT2D eigenvalue weighted by Gasteiger charge is -2.25.